The van der Waals surface area contributed by atoms with Crippen LogP contribution in [0.25, 0.3) is 0 Å². The predicted molar refractivity (Wildman–Crippen MR) is 114 cm³/mol. The molecule has 2 aromatic rings. The van der Waals surface area contributed by atoms with Gasteiger partial charge in [0.15, 0.2) is 6.61 Å². The SMILES string of the molecule is O=C(COc1ccccc1)Nc1ccc(N2CCCC2)c(C(=O)N2CCCC2)c1. The average molecular weight is 393 g/mol. The van der Waals surface area contributed by atoms with Gasteiger partial charge >= 0.3 is 0 Å². The van der Waals surface area contributed by atoms with E-state index in [-0.39, 0.29) is 18.4 Å². The van der Waals surface area contributed by atoms with E-state index in [1.54, 1.807) is 0 Å². The van der Waals surface area contributed by atoms with Crippen molar-refractivity contribution in [2.75, 3.05) is 43.0 Å². The Kier molecular flexibility index (Phi) is 5.98. The van der Waals surface area contributed by atoms with E-state index < -0.39 is 0 Å². The molecule has 0 saturated carbocycles. The third-order valence-corrected chi connectivity index (χ3v) is 5.46. The fourth-order valence-electron chi connectivity index (χ4n) is 3.97. The van der Waals surface area contributed by atoms with Crippen LogP contribution >= 0.6 is 0 Å². The summed E-state index contributed by atoms with van der Waals surface area (Å²) in [5.41, 5.74) is 2.27. The molecule has 0 unspecified atom stereocenters. The van der Waals surface area contributed by atoms with Crippen molar-refractivity contribution >= 4 is 23.2 Å². The normalized spacial score (nSPS) is 16.1. The van der Waals surface area contributed by atoms with Crippen LogP contribution in [0.1, 0.15) is 36.0 Å². The zero-order chi connectivity index (χ0) is 20.1. The number of benzene rings is 2. The molecule has 2 fully saturated rings. The van der Waals surface area contributed by atoms with Gasteiger partial charge in [0.1, 0.15) is 5.75 Å². The highest BCUT2D eigenvalue weighted by molar-refractivity contribution is 6.02. The lowest BCUT2D eigenvalue weighted by Gasteiger charge is -2.24. The Balaban J connectivity index is 1.48. The van der Waals surface area contributed by atoms with Crippen LogP contribution in [-0.2, 0) is 4.79 Å². The second kappa shape index (κ2) is 8.99. The molecular formula is C23H27N3O3. The molecule has 6 heteroatoms. The van der Waals surface area contributed by atoms with Crippen molar-refractivity contribution < 1.29 is 14.3 Å². The maximum absolute atomic E-state index is 13.1. The Hall–Kier alpha value is -3.02. The first-order chi connectivity index (χ1) is 14.2. The summed E-state index contributed by atoms with van der Waals surface area (Å²) in [6, 6.07) is 14.9. The summed E-state index contributed by atoms with van der Waals surface area (Å²) >= 11 is 0. The number of para-hydroxylation sites is 1. The van der Waals surface area contributed by atoms with E-state index in [0.29, 0.717) is 17.0 Å². The molecule has 2 aliphatic rings. The molecule has 4 rings (SSSR count). The Morgan fingerprint density at radius 3 is 2.31 bits per heavy atom. The molecule has 6 nitrogen and oxygen atoms in total. The number of nitrogens with zero attached hydrogens (tertiary/aromatic N) is 2. The molecule has 2 aliphatic heterocycles. The maximum atomic E-state index is 13.1. The molecule has 152 valence electrons. The van der Waals surface area contributed by atoms with Gasteiger partial charge in [-0.25, -0.2) is 0 Å². The zero-order valence-corrected chi connectivity index (χ0v) is 16.6. The van der Waals surface area contributed by atoms with Gasteiger partial charge in [-0.15, -0.1) is 0 Å². The third-order valence-electron chi connectivity index (χ3n) is 5.46. The lowest BCUT2D eigenvalue weighted by molar-refractivity contribution is -0.118. The lowest BCUT2D eigenvalue weighted by Crippen LogP contribution is -2.30. The predicted octanol–water partition coefficient (Wildman–Crippen LogP) is 3.54. The van der Waals surface area contributed by atoms with Crippen LogP contribution in [0.3, 0.4) is 0 Å². The van der Waals surface area contributed by atoms with Gasteiger partial charge in [-0.1, -0.05) is 18.2 Å². The molecule has 2 amide bonds. The van der Waals surface area contributed by atoms with Crippen LogP contribution in [0.5, 0.6) is 5.75 Å². The summed E-state index contributed by atoms with van der Waals surface area (Å²) in [6.07, 6.45) is 4.40. The van der Waals surface area contributed by atoms with E-state index >= 15 is 0 Å². The highest BCUT2D eigenvalue weighted by atomic mass is 16.5. The third kappa shape index (κ3) is 4.70. The van der Waals surface area contributed by atoms with Gasteiger partial charge in [0, 0.05) is 37.6 Å². The molecule has 0 radical (unpaired) electrons. The number of ether oxygens (including phenoxy) is 1. The number of hydrogen-bond donors (Lipinski definition) is 1. The number of likely N-dealkylation sites (tertiary alicyclic amines) is 1. The topological polar surface area (TPSA) is 61.9 Å². The van der Waals surface area contributed by atoms with Crippen LogP contribution in [0.2, 0.25) is 0 Å². The van der Waals surface area contributed by atoms with Crippen molar-refractivity contribution in [3.8, 4) is 5.75 Å². The van der Waals surface area contributed by atoms with E-state index in [0.717, 1.165) is 57.5 Å². The van der Waals surface area contributed by atoms with Gasteiger partial charge < -0.3 is 19.9 Å². The summed E-state index contributed by atoms with van der Waals surface area (Å²) in [4.78, 5) is 29.6. The Morgan fingerprint density at radius 1 is 0.897 bits per heavy atom. The van der Waals surface area contributed by atoms with E-state index in [1.165, 1.54) is 0 Å². The number of carbonyl (C=O) groups excluding carboxylic acids is 2. The number of carbonyl (C=O) groups is 2. The highest BCUT2D eigenvalue weighted by Gasteiger charge is 2.25. The molecule has 0 aliphatic carbocycles. The minimum Gasteiger partial charge on any atom is -0.484 e. The molecular weight excluding hydrogens is 366 g/mol. The summed E-state index contributed by atoms with van der Waals surface area (Å²) in [7, 11) is 0. The molecule has 0 atom stereocenters. The average Bonchev–Trinajstić information content (AvgIpc) is 3.47. The van der Waals surface area contributed by atoms with E-state index in [2.05, 4.69) is 10.2 Å². The van der Waals surface area contributed by atoms with Crippen molar-refractivity contribution in [3.63, 3.8) is 0 Å². The molecule has 0 spiro atoms. The molecule has 2 aromatic carbocycles. The van der Waals surface area contributed by atoms with Gasteiger partial charge in [-0.2, -0.15) is 0 Å². The molecule has 29 heavy (non-hydrogen) atoms. The fraction of sp³-hybridized carbons (Fsp3) is 0.391. The van der Waals surface area contributed by atoms with Crippen molar-refractivity contribution in [2.45, 2.75) is 25.7 Å². The minimum absolute atomic E-state index is 0.0565. The maximum Gasteiger partial charge on any atom is 0.262 e. The van der Waals surface area contributed by atoms with Crippen molar-refractivity contribution in [1.29, 1.82) is 0 Å². The Morgan fingerprint density at radius 2 is 1.59 bits per heavy atom. The molecule has 1 N–H and O–H groups in total. The monoisotopic (exact) mass is 393 g/mol. The first-order valence-electron chi connectivity index (χ1n) is 10.4. The molecule has 0 aromatic heterocycles. The Bertz CT molecular complexity index is 857. The minimum atomic E-state index is -0.248. The van der Waals surface area contributed by atoms with Gasteiger partial charge in [0.05, 0.1) is 5.56 Å². The van der Waals surface area contributed by atoms with Gasteiger partial charge in [0.25, 0.3) is 11.8 Å². The summed E-state index contributed by atoms with van der Waals surface area (Å²) in [6.45, 7) is 3.47. The molecule has 0 bridgehead atoms. The standard InChI is InChI=1S/C23H27N3O3/c27-22(17-29-19-8-2-1-3-9-19)24-18-10-11-21(25-12-4-5-13-25)20(16-18)23(28)26-14-6-7-15-26/h1-3,8-11,16H,4-7,12-15,17H2,(H,24,27). The second-order valence-corrected chi connectivity index (χ2v) is 7.58. The van der Waals surface area contributed by atoms with Crippen LogP contribution in [0.15, 0.2) is 48.5 Å². The second-order valence-electron chi connectivity index (χ2n) is 7.58. The van der Waals surface area contributed by atoms with Crippen LogP contribution < -0.4 is 15.0 Å². The van der Waals surface area contributed by atoms with Gasteiger partial charge in [0.2, 0.25) is 0 Å². The smallest absolute Gasteiger partial charge is 0.262 e. The van der Waals surface area contributed by atoms with Crippen molar-refractivity contribution in [1.82, 2.24) is 4.90 Å². The number of hydrogen-bond acceptors (Lipinski definition) is 4. The van der Waals surface area contributed by atoms with Gasteiger partial charge in [-0.3, -0.25) is 9.59 Å². The van der Waals surface area contributed by atoms with Crippen molar-refractivity contribution in [3.05, 3.63) is 54.1 Å². The van der Waals surface area contributed by atoms with E-state index in [1.807, 2.05) is 53.4 Å². The first kappa shape index (κ1) is 19.3. The van der Waals surface area contributed by atoms with E-state index in [9.17, 15) is 9.59 Å². The molecule has 2 heterocycles. The van der Waals surface area contributed by atoms with Crippen LogP contribution in [0, 0.1) is 0 Å². The number of anilines is 2. The lowest BCUT2D eigenvalue weighted by atomic mass is 10.1. The molecule has 2 saturated heterocycles. The number of nitrogens with one attached hydrogen (secondary N) is 1. The van der Waals surface area contributed by atoms with Crippen molar-refractivity contribution in [2.24, 2.45) is 0 Å². The fourth-order valence-corrected chi connectivity index (χ4v) is 3.97. The largest absolute Gasteiger partial charge is 0.484 e. The summed E-state index contributed by atoms with van der Waals surface area (Å²) in [5.74, 6) is 0.459. The highest BCUT2D eigenvalue weighted by Crippen LogP contribution is 2.29. The Labute approximate surface area is 171 Å². The quantitative estimate of drug-likeness (QED) is 0.815. The zero-order valence-electron chi connectivity index (χ0n) is 16.6. The van der Waals surface area contributed by atoms with E-state index in [4.69, 9.17) is 4.74 Å². The van der Waals surface area contributed by atoms with Crippen LogP contribution in [-0.4, -0.2) is 49.5 Å². The summed E-state index contributed by atoms with van der Waals surface area (Å²) in [5, 5.41) is 2.86. The van der Waals surface area contributed by atoms with Crippen LogP contribution in [0.4, 0.5) is 11.4 Å². The summed E-state index contributed by atoms with van der Waals surface area (Å²) < 4.78 is 5.51. The first-order valence-corrected chi connectivity index (χ1v) is 10.4. The van der Waals surface area contributed by atoms with Gasteiger partial charge in [-0.05, 0) is 56.0 Å². The number of rotatable bonds is 6. The number of amides is 2.